The second kappa shape index (κ2) is 7.64. The van der Waals surface area contributed by atoms with Crippen LogP contribution in [0.5, 0.6) is 0 Å². The maximum absolute atomic E-state index is 12.6. The summed E-state index contributed by atoms with van der Waals surface area (Å²) in [5.74, 6) is -3.83. The Balaban J connectivity index is 1.45. The smallest absolute Gasteiger partial charge is 0.343 e. The van der Waals surface area contributed by atoms with E-state index in [2.05, 4.69) is 10.6 Å². The van der Waals surface area contributed by atoms with Crippen molar-refractivity contribution in [1.29, 1.82) is 0 Å². The van der Waals surface area contributed by atoms with Crippen LogP contribution in [-0.2, 0) is 19.3 Å². The van der Waals surface area contributed by atoms with Crippen molar-refractivity contribution in [3.8, 4) is 0 Å². The number of rotatable bonds is 6. The van der Waals surface area contributed by atoms with Gasteiger partial charge in [-0.05, 0) is 24.3 Å². The molecule has 2 atom stereocenters. The molecule has 0 aromatic heterocycles. The van der Waals surface area contributed by atoms with Crippen molar-refractivity contribution < 1.29 is 19.3 Å². The van der Waals surface area contributed by atoms with Gasteiger partial charge < -0.3 is 20.3 Å². The van der Waals surface area contributed by atoms with Crippen molar-refractivity contribution >= 4 is 34.7 Å². The number of nitrogens with zero attached hydrogens (tertiary/aromatic N) is 2. The molecule has 0 saturated carbocycles. The number of hydrogen-bond donors (Lipinski definition) is 4. The number of hydroxylamine groups is 2. The molecule has 10 heteroatoms. The zero-order valence-electron chi connectivity index (χ0n) is 17.4. The van der Waals surface area contributed by atoms with Crippen LogP contribution < -0.4 is 32.2 Å². The van der Waals surface area contributed by atoms with Crippen molar-refractivity contribution in [2.24, 2.45) is 11.5 Å². The molecule has 0 spiro atoms. The van der Waals surface area contributed by atoms with Crippen LogP contribution >= 0.6 is 0 Å². The van der Waals surface area contributed by atoms with Crippen LogP contribution in [0.25, 0.3) is 0 Å². The van der Waals surface area contributed by atoms with Crippen molar-refractivity contribution in [3.63, 3.8) is 0 Å². The fraction of sp³-hybridized carbons (Fsp3) is 0.333. The maximum Gasteiger partial charge on any atom is 0.343 e. The van der Waals surface area contributed by atoms with Crippen LogP contribution in [0.3, 0.4) is 0 Å². The first-order chi connectivity index (χ1) is 14.8. The Morgan fingerprint density at radius 2 is 1.19 bits per heavy atom. The van der Waals surface area contributed by atoms with E-state index in [1.54, 1.807) is 24.3 Å². The molecule has 164 valence electrons. The maximum atomic E-state index is 12.6. The lowest BCUT2D eigenvalue weighted by Crippen LogP contribution is -2.59. The summed E-state index contributed by atoms with van der Waals surface area (Å²) in [4.78, 5) is 36.1. The molecule has 4 rings (SSSR count). The molecule has 0 bridgehead atoms. The topological polar surface area (TPSA) is 135 Å². The van der Waals surface area contributed by atoms with E-state index in [0.717, 1.165) is 11.4 Å². The van der Waals surface area contributed by atoms with Gasteiger partial charge in [0.25, 0.3) is 0 Å². The number of carbonyl (C=O) groups excluding carboxylic acids is 2. The number of fused-ring (bicyclic) bond motifs is 2. The summed E-state index contributed by atoms with van der Waals surface area (Å²) >= 11 is 0. The molecule has 10 nitrogen and oxygen atoms in total. The molecular weight excluding hydrogens is 400 g/mol. The minimum absolute atomic E-state index is 0.446. The molecule has 2 unspecified atom stereocenters. The van der Waals surface area contributed by atoms with E-state index in [1.807, 2.05) is 38.1 Å². The number of nitrogens with one attached hydrogen (secondary N) is 2. The normalized spacial score (nSPS) is 23.5. The van der Waals surface area contributed by atoms with Crippen LogP contribution in [0.1, 0.15) is 33.1 Å². The average Bonchev–Trinajstić information content (AvgIpc) is 3.20. The van der Waals surface area contributed by atoms with Gasteiger partial charge in [0.1, 0.15) is 17.8 Å². The van der Waals surface area contributed by atoms with Gasteiger partial charge in [0.2, 0.25) is 0 Å². The standard InChI is InChI=1S/C21H26N6O4/c1-3-20(22)24-14-9-5-7-11-16(14)26(20)30-18(28)13-19(29)31-27-17-12-8-6-10-15(17)25-21(27,23)4-2/h5-12,24-25H,3-4,13,22-23H2,1-2H3. The van der Waals surface area contributed by atoms with Crippen LogP contribution in [0.2, 0.25) is 0 Å². The van der Waals surface area contributed by atoms with E-state index >= 15 is 0 Å². The van der Waals surface area contributed by atoms with Crippen molar-refractivity contribution in [2.45, 2.75) is 44.7 Å². The Kier molecular flexibility index (Phi) is 5.11. The van der Waals surface area contributed by atoms with E-state index < -0.39 is 29.9 Å². The Hall–Kier alpha value is -3.50. The van der Waals surface area contributed by atoms with Crippen LogP contribution in [0.4, 0.5) is 22.7 Å². The lowest BCUT2D eigenvalue weighted by atomic mass is 10.3. The molecule has 0 saturated heterocycles. The number of hydrogen-bond acceptors (Lipinski definition) is 10. The number of benzene rings is 2. The van der Waals surface area contributed by atoms with Crippen molar-refractivity contribution in [1.82, 2.24) is 0 Å². The Labute approximate surface area is 180 Å². The predicted molar refractivity (Wildman–Crippen MR) is 116 cm³/mol. The Morgan fingerprint density at radius 1 is 0.806 bits per heavy atom. The van der Waals surface area contributed by atoms with Gasteiger partial charge in [-0.3, -0.25) is 11.5 Å². The van der Waals surface area contributed by atoms with Gasteiger partial charge in [0.15, 0.2) is 11.6 Å². The molecule has 2 aliphatic heterocycles. The number of carbonyl (C=O) groups is 2. The third-order valence-corrected chi connectivity index (χ3v) is 5.43. The van der Waals surface area contributed by atoms with Gasteiger partial charge in [-0.1, -0.05) is 38.1 Å². The summed E-state index contributed by atoms with van der Waals surface area (Å²) in [6, 6.07) is 14.5. The third-order valence-electron chi connectivity index (χ3n) is 5.43. The van der Waals surface area contributed by atoms with Crippen LogP contribution in [0, 0.1) is 0 Å². The fourth-order valence-corrected chi connectivity index (χ4v) is 3.62. The van der Waals surface area contributed by atoms with E-state index in [0.29, 0.717) is 24.2 Å². The molecular formula is C21H26N6O4. The summed E-state index contributed by atoms with van der Waals surface area (Å²) < 4.78 is 0. The second-order valence-electron chi connectivity index (χ2n) is 7.53. The number of para-hydroxylation sites is 4. The molecule has 2 heterocycles. The van der Waals surface area contributed by atoms with Gasteiger partial charge in [0, 0.05) is 12.8 Å². The number of nitrogens with two attached hydrogens (primary N) is 2. The molecule has 2 aromatic carbocycles. The predicted octanol–water partition coefficient (Wildman–Crippen LogP) is 2.20. The first kappa shape index (κ1) is 20.8. The monoisotopic (exact) mass is 426 g/mol. The third kappa shape index (κ3) is 3.60. The van der Waals surface area contributed by atoms with E-state index in [-0.39, 0.29) is 0 Å². The lowest BCUT2D eigenvalue weighted by molar-refractivity contribution is -0.158. The molecule has 6 N–H and O–H groups in total. The minimum atomic E-state index is -1.12. The SMILES string of the molecule is CCC1(N)Nc2ccccc2N1OC(=O)CC(=O)ON1c2ccccc2NC1(N)CC. The Bertz CT molecular complexity index is 937. The van der Waals surface area contributed by atoms with Crippen LogP contribution in [0.15, 0.2) is 48.5 Å². The van der Waals surface area contributed by atoms with E-state index in [9.17, 15) is 9.59 Å². The van der Waals surface area contributed by atoms with Gasteiger partial charge in [0.05, 0.1) is 11.4 Å². The summed E-state index contributed by atoms with van der Waals surface area (Å²) in [6.45, 7) is 3.72. The molecule has 0 radical (unpaired) electrons. The Morgan fingerprint density at radius 3 is 1.58 bits per heavy atom. The highest BCUT2D eigenvalue weighted by Gasteiger charge is 2.44. The van der Waals surface area contributed by atoms with E-state index in [4.69, 9.17) is 21.1 Å². The highest BCUT2D eigenvalue weighted by Crippen LogP contribution is 2.40. The van der Waals surface area contributed by atoms with Crippen molar-refractivity contribution in [3.05, 3.63) is 48.5 Å². The van der Waals surface area contributed by atoms with Crippen LogP contribution in [-0.4, -0.2) is 23.5 Å². The quantitative estimate of drug-likeness (QED) is 0.509. The summed E-state index contributed by atoms with van der Waals surface area (Å²) in [7, 11) is 0. The molecule has 0 fully saturated rings. The van der Waals surface area contributed by atoms with Crippen molar-refractivity contribution in [2.75, 3.05) is 20.8 Å². The molecule has 0 aliphatic carbocycles. The van der Waals surface area contributed by atoms with Gasteiger partial charge >= 0.3 is 11.9 Å². The second-order valence-corrected chi connectivity index (χ2v) is 7.53. The molecule has 31 heavy (non-hydrogen) atoms. The zero-order chi connectivity index (χ0) is 22.2. The van der Waals surface area contributed by atoms with Gasteiger partial charge in [-0.15, -0.1) is 0 Å². The van der Waals surface area contributed by atoms with E-state index in [1.165, 1.54) is 10.1 Å². The first-order valence-corrected chi connectivity index (χ1v) is 10.1. The van der Waals surface area contributed by atoms with Gasteiger partial charge in [-0.2, -0.15) is 10.1 Å². The molecule has 2 aliphatic rings. The number of anilines is 4. The highest BCUT2D eigenvalue weighted by molar-refractivity contribution is 5.93. The molecule has 0 amide bonds. The summed E-state index contributed by atoms with van der Waals surface area (Å²) in [5.41, 5.74) is 15.4. The summed E-state index contributed by atoms with van der Waals surface area (Å²) in [5, 5.41) is 8.86. The zero-order valence-corrected chi connectivity index (χ0v) is 17.4. The average molecular weight is 426 g/mol. The lowest BCUT2D eigenvalue weighted by Gasteiger charge is -2.34. The molecule has 2 aromatic rings. The highest BCUT2D eigenvalue weighted by atomic mass is 16.7. The largest absolute Gasteiger partial charge is 0.346 e. The minimum Gasteiger partial charge on any atom is -0.346 e. The summed E-state index contributed by atoms with van der Waals surface area (Å²) in [6.07, 6.45) is 0.278. The first-order valence-electron chi connectivity index (χ1n) is 10.1. The fourth-order valence-electron chi connectivity index (χ4n) is 3.62. The van der Waals surface area contributed by atoms with Gasteiger partial charge in [-0.25, -0.2) is 9.59 Å².